The van der Waals surface area contributed by atoms with E-state index in [1.54, 1.807) is 37.1 Å². The second-order valence-corrected chi connectivity index (χ2v) is 6.00. The second-order valence-electron chi connectivity index (χ2n) is 6.00. The molecule has 5 heteroatoms. The third-order valence-corrected chi connectivity index (χ3v) is 4.31. The molecule has 0 fully saturated rings. The first-order valence-electron chi connectivity index (χ1n) is 7.88. The molecule has 2 aromatic carbocycles. The van der Waals surface area contributed by atoms with Gasteiger partial charge in [0.25, 0.3) is 0 Å². The molecule has 0 saturated heterocycles. The van der Waals surface area contributed by atoms with Crippen LogP contribution in [0.15, 0.2) is 57.7 Å². The maximum atomic E-state index is 12.8. The molecule has 0 aliphatic carbocycles. The van der Waals surface area contributed by atoms with E-state index >= 15 is 0 Å². The van der Waals surface area contributed by atoms with Gasteiger partial charge < -0.3 is 9.32 Å². The zero-order valence-corrected chi connectivity index (χ0v) is 14.0. The number of carbonyl (C=O) groups excluding carboxylic acids is 1. The lowest BCUT2D eigenvalue weighted by Gasteiger charge is -2.22. The molecule has 1 heterocycles. The number of likely N-dealkylation sites (N-methyl/N-ethyl adjacent to an activating group) is 1. The third kappa shape index (κ3) is 2.85. The van der Waals surface area contributed by atoms with Crippen LogP contribution in [0.4, 0.5) is 0 Å². The molecule has 0 N–H and O–H groups in total. The van der Waals surface area contributed by atoms with Gasteiger partial charge in [0.2, 0.25) is 5.91 Å². The van der Waals surface area contributed by atoms with Gasteiger partial charge in [-0.05, 0) is 37.1 Å². The third-order valence-electron chi connectivity index (χ3n) is 4.31. The molecule has 1 atom stereocenters. The molecule has 0 aliphatic rings. The van der Waals surface area contributed by atoms with Crippen molar-refractivity contribution in [2.75, 3.05) is 7.05 Å². The van der Waals surface area contributed by atoms with Gasteiger partial charge in [0.15, 0.2) is 5.58 Å². The number of hydrogen-bond donors (Lipinski definition) is 0. The molecule has 0 bridgehead atoms. The van der Waals surface area contributed by atoms with Gasteiger partial charge in [0, 0.05) is 13.6 Å². The van der Waals surface area contributed by atoms with Crippen LogP contribution in [-0.4, -0.2) is 22.4 Å². The van der Waals surface area contributed by atoms with Crippen LogP contribution in [0.2, 0.25) is 0 Å². The molecule has 5 nitrogen and oxygen atoms in total. The molecule has 124 valence electrons. The first-order valence-corrected chi connectivity index (χ1v) is 7.88. The molecule has 0 saturated carbocycles. The zero-order valence-electron chi connectivity index (χ0n) is 14.0. The van der Waals surface area contributed by atoms with Crippen LogP contribution in [0.3, 0.4) is 0 Å². The number of nitrogens with zero attached hydrogens (tertiary/aromatic N) is 2. The van der Waals surface area contributed by atoms with Crippen molar-refractivity contribution in [3.05, 3.63) is 70.2 Å². The highest BCUT2D eigenvalue weighted by Gasteiger charge is 2.24. The standard InChI is InChI=1S/C19H20N2O3/c1-13-8-4-5-9-15(13)12-20(3)18(22)14(2)21-16-10-6-7-11-17(16)24-19(21)23/h4-11,14H,12H2,1-3H3. The highest BCUT2D eigenvalue weighted by molar-refractivity contribution is 5.82. The van der Waals surface area contributed by atoms with E-state index in [0.717, 1.165) is 11.1 Å². The fourth-order valence-electron chi connectivity index (χ4n) is 2.90. The van der Waals surface area contributed by atoms with Crippen molar-refractivity contribution < 1.29 is 9.21 Å². The number of fused-ring (bicyclic) bond motifs is 1. The van der Waals surface area contributed by atoms with E-state index in [-0.39, 0.29) is 5.91 Å². The Hall–Kier alpha value is -2.82. The average molecular weight is 324 g/mol. The number of oxazole rings is 1. The minimum absolute atomic E-state index is 0.132. The summed E-state index contributed by atoms with van der Waals surface area (Å²) in [6.45, 7) is 4.24. The Labute approximate surface area is 140 Å². The predicted molar refractivity (Wildman–Crippen MR) is 92.8 cm³/mol. The van der Waals surface area contributed by atoms with Gasteiger partial charge in [-0.3, -0.25) is 9.36 Å². The molecule has 1 unspecified atom stereocenters. The van der Waals surface area contributed by atoms with Gasteiger partial charge in [-0.2, -0.15) is 0 Å². The number of benzene rings is 2. The van der Waals surface area contributed by atoms with E-state index < -0.39 is 11.8 Å². The Morgan fingerprint density at radius 3 is 2.58 bits per heavy atom. The van der Waals surface area contributed by atoms with Crippen molar-refractivity contribution >= 4 is 17.0 Å². The number of aryl methyl sites for hydroxylation is 1. The summed E-state index contributed by atoms with van der Waals surface area (Å²) in [7, 11) is 1.75. The summed E-state index contributed by atoms with van der Waals surface area (Å²) in [5.74, 6) is -0.645. The monoisotopic (exact) mass is 324 g/mol. The summed E-state index contributed by atoms with van der Waals surface area (Å²) in [4.78, 5) is 26.6. The van der Waals surface area contributed by atoms with Crippen molar-refractivity contribution in [2.45, 2.75) is 26.4 Å². The van der Waals surface area contributed by atoms with Crippen LogP contribution < -0.4 is 5.76 Å². The lowest BCUT2D eigenvalue weighted by atomic mass is 10.1. The van der Waals surface area contributed by atoms with Gasteiger partial charge in [-0.1, -0.05) is 36.4 Å². The molecule has 0 aliphatic heterocycles. The minimum Gasteiger partial charge on any atom is -0.408 e. The molecular weight excluding hydrogens is 304 g/mol. The fraction of sp³-hybridized carbons (Fsp3) is 0.263. The molecule has 1 amide bonds. The van der Waals surface area contributed by atoms with Crippen molar-refractivity contribution in [3.63, 3.8) is 0 Å². The Kier molecular flexibility index (Phi) is 4.25. The number of aromatic nitrogens is 1. The number of hydrogen-bond acceptors (Lipinski definition) is 3. The Morgan fingerprint density at radius 1 is 1.17 bits per heavy atom. The highest BCUT2D eigenvalue weighted by Crippen LogP contribution is 2.19. The number of amides is 1. The van der Waals surface area contributed by atoms with E-state index in [0.29, 0.717) is 17.6 Å². The quantitative estimate of drug-likeness (QED) is 0.741. The maximum Gasteiger partial charge on any atom is 0.420 e. The molecule has 0 radical (unpaired) electrons. The molecule has 24 heavy (non-hydrogen) atoms. The van der Waals surface area contributed by atoms with Crippen molar-refractivity contribution in [3.8, 4) is 0 Å². The van der Waals surface area contributed by atoms with E-state index in [1.807, 2.05) is 37.3 Å². The normalized spacial score (nSPS) is 12.3. The number of carbonyl (C=O) groups is 1. The Bertz CT molecular complexity index is 939. The SMILES string of the molecule is Cc1ccccc1CN(C)C(=O)C(C)n1c(=O)oc2ccccc21. The lowest BCUT2D eigenvalue weighted by molar-refractivity contribution is -0.133. The topological polar surface area (TPSA) is 55.5 Å². The van der Waals surface area contributed by atoms with E-state index in [2.05, 4.69) is 0 Å². The predicted octanol–water partition coefficient (Wildman–Crippen LogP) is 3.12. The van der Waals surface area contributed by atoms with Crippen LogP contribution in [-0.2, 0) is 11.3 Å². The molecule has 3 rings (SSSR count). The van der Waals surface area contributed by atoms with Crippen molar-refractivity contribution in [1.82, 2.24) is 9.47 Å². The smallest absolute Gasteiger partial charge is 0.408 e. The zero-order chi connectivity index (χ0) is 17.3. The van der Waals surface area contributed by atoms with E-state index in [1.165, 1.54) is 4.57 Å². The first kappa shape index (κ1) is 16.1. The van der Waals surface area contributed by atoms with Crippen LogP contribution in [0.5, 0.6) is 0 Å². The largest absolute Gasteiger partial charge is 0.420 e. The summed E-state index contributed by atoms with van der Waals surface area (Å²) in [6.07, 6.45) is 0. The second kappa shape index (κ2) is 6.35. The molecule has 0 spiro atoms. The summed E-state index contributed by atoms with van der Waals surface area (Å²) < 4.78 is 6.63. The van der Waals surface area contributed by atoms with Gasteiger partial charge in [-0.25, -0.2) is 4.79 Å². The molecular formula is C19H20N2O3. The highest BCUT2D eigenvalue weighted by atomic mass is 16.4. The van der Waals surface area contributed by atoms with Gasteiger partial charge in [-0.15, -0.1) is 0 Å². The van der Waals surface area contributed by atoms with Crippen molar-refractivity contribution in [1.29, 1.82) is 0 Å². The van der Waals surface area contributed by atoms with Crippen LogP contribution in [0.1, 0.15) is 24.1 Å². The number of para-hydroxylation sites is 2. The Balaban J connectivity index is 1.87. The summed E-state index contributed by atoms with van der Waals surface area (Å²) >= 11 is 0. The van der Waals surface area contributed by atoms with Gasteiger partial charge in [0.05, 0.1) is 5.52 Å². The maximum absolute atomic E-state index is 12.8. The summed E-state index contributed by atoms with van der Waals surface area (Å²) in [5, 5.41) is 0. The van der Waals surface area contributed by atoms with E-state index in [4.69, 9.17) is 4.42 Å². The lowest BCUT2D eigenvalue weighted by Crippen LogP contribution is -2.35. The van der Waals surface area contributed by atoms with Crippen LogP contribution in [0, 0.1) is 6.92 Å². The first-order chi connectivity index (χ1) is 11.5. The van der Waals surface area contributed by atoms with Gasteiger partial charge in [0.1, 0.15) is 6.04 Å². The summed E-state index contributed by atoms with van der Waals surface area (Å²) in [6, 6.07) is 14.4. The minimum atomic E-state index is -0.629. The average Bonchev–Trinajstić information content (AvgIpc) is 2.91. The number of rotatable bonds is 4. The fourth-order valence-corrected chi connectivity index (χ4v) is 2.90. The molecule has 3 aromatic rings. The van der Waals surface area contributed by atoms with Crippen LogP contribution >= 0.6 is 0 Å². The summed E-state index contributed by atoms with van der Waals surface area (Å²) in [5.41, 5.74) is 3.34. The van der Waals surface area contributed by atoms with E-state index in [9.17, 15) is 9.59 Å². The van der Waals surface area contributed by atoms with Gasteiger partial charge >= 0.3 is 5.76 Å². The van der Waals surface area contributed by atoms with Crippen LogP contribution in [0.25, 0.3) is 11.1 Å². The van der Waals surface area contributed by atoms with Crippen molar-refractivity contribution in [2.24, 2.45) is 0 Å². The molecule has 1 aromatic heterocycles. The Morgan fingerprint density at radius 2 is 1.83 bits per heavy atom.